The Morgan fingerprint density at radius 1 is 1.13 bits per heavy atom. The highest BCUT2D eigenvalue weighted by Crippen LogP contribution is 2.17. The third-order valence-corrected chi connectivity index (χ3v) is 3.73. The van der Waals surface area contributed by atoms with Crippen LogP contribution < -0.4 is 4.90 Å². The van der Waals surface area contributed by atoms with Gasteiger partial charge in [-0.15, -0.1) is 0 Å². The van der Waals surface area contributed by atoms with Gasteiger partial charge in [-0.2, -0.15) is 0 Å². The van der Waals surface area contributed by atoms with Crippen molar-refractivity contribution in [1.82, 2.24) is 0 Å². The van der Waals surface area contributed by atoms with E-state index in [2.05, 4.69) is 22.0 Å². The summed E-state index contributed by atoms with van der Waals surface area (Å²) in [5, 5.41) is 8.98. The maximum Gasteiger partial charge on any atom is 0.335 e. The Morgan fingerprint density at radius 2 is 1.87 bits per heavy atom. The molecule has 1 fully saturated rings. The third-order valence-electron chi connectivity index (χ3n) is 3.73. The van der Waals surface area contributed by atoms with Crippen molar-refractivity contribution in [2.24, 2.45) is 4.99 Å². The first-order valence-electron chi connectivity index (χ1n) is 7.52. The predicted octanol–water partition coefficient (Wildman–Crippen LogP) is 2.97. The summed E-state index contributed by atoms with van der Waals surface area (Å²) in [6.07, 6.45) is 1.74. The lowest BCUT2D eigenvalue weighted by atomic mass is 10.2. The highest BCUT2D eigenvalue weighted by molar-refractivity contribution is 5.89. The average molecular weight is 310 g/mol. The molecule has 1 saturated heterocycles. The highest BCUT2D eigenvalue weighted by atomic mass is 16.5. The first kappa shape index (κ1) is 15.2. The maximum atomic E-state index is 10.9. The molecule has 1 heterocycles. The summed E-state index contributed by atoms with van der Waals surface area (Å²) >= 11 is 0. The summed E-state index contributed by atoms with van der Waals surface area (Å²) in [6, 6.07) is 14.7. The van der Waals surface area contributed by atoms with E-state index in [1.54, 1.807) is 30.5 Å². The molecule has 0 atom stereocenters. The Morgan fingerprint density at radius 3 is 2.57 bits per heavy atom. The highest BCUT2D eigenvalue weighted by Gasteiger charge is 2.10. The van der Waals surface area contributed by atoms with E-state index in [1.807, 2.05) is 12.1 Å². The lowest BCUT2D eigenvalue weighted by molar-refractivity contribution is 0.0697. The van der Waals surface area contributed by atoms with Crippen LogP contribution in [0.1, 0.15) is 15.9 Å². The minimum absolute atomic E-state index is 0.238. The number of ether oxygens (including phenoxy) is 1. The molecule has 0 unspecified atom stereocenters. The zero-order valence-corrected chi connectivity index (χ0v) is 12.7. The van der Waals surface area contributed by atoms with Crippen molar-refractivity contribution < 1.29 is 14.6 Å². The normalized spacial score (nSPS) is 15.0. The second-order valence-corrected chi connectivity index (χ2v) is 5.30. The van der Waals surface area contributed by atoms with Crippen LogP contribution in [0.25, 0.3) is 0 Å². The molecule has 0 saturated carbocycles. The Balaban J connectivity index is 1.70. The van der Waals surface area contributed by atoms with E-state index < -0.39 is 5.97 Å². The number of carboxylic acid groups (broad SMARTS) is 1. The number of aromatic carboxylic acids is 1. The van der Waals surface area contributed by atoms with E-state index in [9.17, 15) is 4.79 Å². The average Bonchev–Trinajstić information content (AvgIpc) is 2.61. The second kappa shape index (κ2) is 7.07. The Hall–Kier alpha value is -2.66. The molecule has 0 radical (unpaired) electrons. The monoisotopic (exact) mass is 310 g/mol. The van der Waals surface area contributed by atoms with Gasteiger partial charge in [-0.3, -0.25) is 4.99 Å². The molecule has 2 aromatic carbocycles. The summed E-state index contributed by atoms with van der Waals surface area (Å²) in [5.41, 5.74) is 3.02. The molecular weight excluding hydrogens is 292 g/mol. The van der Waals surface area contributed by atoms with Gasteiger partial charge >= 0.3 is 5.97 Å². The number of anilines is 1. The van der Waals surface area contributed by atoms with Gasteiger partial charge in [0.2, 0.25) is 0 Å². The van der Waals surface area contributed by atoms with Crippen molar-refractivity contribution >= 4 is 23.6 Å². The fourth-order valence-electron chi connectivity index (χ4n) is 2.46. The van der Waals surface area contributed by atoms with Crippen LogP contribution in [0, 0.1) is 0 Å². The smallest absolute Gasteiger partial charge is 0.335 e. The number of nitrogens with zero attached hydrogens (tertiary/aromatic N) is 2. The number of carbonyl (C=O) groups is 1. The van der Waals surface area contributed by atoms with Crippen LogP contribution in [-0.4, -0.2) is 43.6 Å². The molecule has 1 N–H and O–H groups in total. The zero-order chi connectivity index (χ0) is 16.1. The van der Waals surface area contributed by atoms with Gasteiger partial charge in [-0.05, 0) is 35.9 Å². The van der Waals surface area contributed by atoms with E-state index in [0.29, 0.717) is 5.69 Å². The van der Waals surface area contributed by atoms with Gasteiger partial charge in [0, 0.05) is 25.0 Å². The summed E-state index contributed by atoms with van der Waals surface area (Å²) in [4.78, 5) is 17.6. The Labute approximate surface area is 134 Å². The van der Waals surface area contributed by atoms with Crippen molar-refractivity contribution in [2.45, 2.75) is 0 Å². The van der Waals surface area contributed by atoms with Crippen molar-refractivity contribution in [3.05, 3.63) is 59.7 Å². The Kier molecular flexibility index (Phi) is 4.68. The van der Waals surface area contributed by atoms with Gasteiger partial charge in [-0.1, -0.05) is 18.2 Å². The fourth-order valence-corrected chi connectivity index (χ4v) is 2.46. The van der Waals surface area contributed by atoms with E-state index >= 15 is 0 Å². The largest absolute Gasteiger partial charge is 0.478 e. The van der Waals surface area contributed by atoms with Gasteiger partial charge in [0.25, 0.3) is 0 Å². The molecule has 3 rings (SSSR count). The molecule has 5 nitrogen and oxygen atoms in total. The maximum absolute atomic E-state index is 10.9. The van der Waals surface area contributed by atoms with E-state index in [4.69, 9.17) is 9.84 Å². The van der Waals surface area contributed by atoms with Crippen molar-refractivity contribution in [3.8, 4) is 0 Å². The Bertz CT molecular complexity index is 704. The molecule has 0 spiro atoms. The van der Waals surface area contributed by atoms with Gasteiger partial charge in [0.1, 0.15) is 0 Å². The third kappa shape index (κ3) is 3.96. The quantitative estimate of drug-likeness (QED) is 0.882. The lowest BCUT2D eigenvalue weighted by Gasteiger charge is -2.28. The number of morpholine rings is 1. The molecule has 1 aliphatic heterocycles. The van der Waals surface area contributed by atoms with Crippen LogP contribution >= 0.6 is 0 Å². The number of hydrogen-bond donors (Lipinski definition) is 1. The predicted molar refractivity (Wildman–Crippen MR) is 90.1 cm³/mol. The topological polar surface area (TPSA) is 62.1 Å². The first-order valence-corrected chi connectivity index (χ1v) is 7.52. The molecule has 0 bridgehead atoms. The molecule has 23 heavy (non-hydrogen) atoms. The molecular formula is C18H18N2O3. The van der Waals surface area contributed by atoms with Crippen molar-refractivity contribution in [1.29, 1.82) is 0 Å². The molecule has 118 valence electrons. The first-order chi connectivity index (χ1) is 11.2. The zero-order valence-electron chi connectivity index (χ0n) is 12.7. The summed E-state index contributed by atoms with van der Waals surface area (Å²) in [5.74, 6) is -0.947. The second-order valence-electron chi connectivity index (χ2n) is 5.30. The minimum atomic E-state index is -0.947. The van der Waals surface area contributed by atoms with E-state index in [0.717, 1.165) is 31.9 Å². The number of rotatable bonds is 4. The van der Waals surface area contributed by atoms with Gasteiger partial charge in [0.15, 0.2) is 0 Å². The van der Waals surface area contributed by atoms with E-state index in [1.165, 1.54) is 5.69 Å². The minimum Gasteiger partial charge on any atom is -0.478 e. The number of aliphatic imine (C=N–C) groups is 1. The van der Waals surface area contributed by atoms with E-state index in [-0.39, 0.29) is 5.56 Å². The van der Waals surface area contributed by atoms with Crippen LogP contribution in [0.15, 0.2) is 53.5 Å². The number of carboxylic acids is 1. The van der Waals surface area contributed by atoms with Gasteiger partial charge in [0.05, 0.1) is 24.5 Å². The van der Waals surface area contributed by atoms with Crippen LogP contribution in [0.4, 0.5) is 11.4 Å². The number of benzene rings is 2. The molecule has 0 aromatic heterocycles. The van der Waals surface area contributed by atoms with Gasteiger partial charge < -0.3 is 14.7 Å². The van der Waals surface area contributed by atoms with Crippen LogP contribution in [0.2, 0.25) is 0 Å². The summed E-state index contributed by atoms with van der Waals surface area (Å²) in [7, 11) is 0. The SMILES string of the molecule is O=C(O)c1cccc(N=Cc2ccc(N3CCOCC3)cc2)c1. The lowest BCUT2D eigenvalue weighted by Crippen LogP contribution is -2.36. The van der Waals surface area contributed by atoms with Crippen molar-refractivity contribution in [2.75, 3.05) is 31.2 Å². The van der Waals surface area contributed by atoms with Crippen molar-refractivity contribution in [3.63, 3.8) is 0 Å². The summed E-state index contributed by atoms with van der Waals surface area (Å²) < 4.78 is 5.35. The molecule has 0 aliphatic carbocycles. The molecule has 0 amide bonds. The standard InChI is InChI=1S/C18H18N2O3/c21-18(22)15-2-1-3-16(12-15)19-13-14-4-6-17(7-5-14)20-8-10-23-11-9-20/h1-7,12-13H,8-11H2,(H,21,22). The molecule has 2 aromatic rings. The van der Waals surface area contributed by atoms with Crippen LogP contribution in [0.5, 0.6) is 0 Å². The van der Waals surface area contributed by atoms with Gasteiger partial charge in [-0.25, -0.2) is 4.79 Å². The van der Waals surface area contributed by atoms with Crippen LogP contribution in [-0.2, 0) is 4.74 Å². The summed E-state index contributed by atoms with van der Waals surface area (Å²) in [6.45, 7) is 3.36. The molecule has 5 heteroatoms. The van der Waals surface area contributed by atoms with Crippen LogP contribution in [0.3, 0.4) is 0 Å². The fraction of sp³-hybridized carbons (Fsp3) is 0.222. The number of hydrogen-bond acceptors (Lipinski definition) is 4. The molecule has 1 aliphatic rings.